The number of carbonyl (C=O) groups excluding carboxylic acids is 1. The molecule has 0 N–H and O–H groups in total. The Balaban J connectivity index is 1.49. The van der Waals surface area contributed by atoms with Crippen LogP contribution >= 0.6 is 11.6 Å². The van der Waals surface area contributed by atoms with Crippen LogP contribution < -0.4 is 5.69 Å². The number of ketones is 1. The van der Waals surface area contributed by atoms with Crippen LogP contribution in [0.3, 0.4) is 0 Å². The average molecular weight is 500 g/mol. The summed E-state index contributed by atoms with van der Waals surface area (Å²) in [4.78, 5) is 25.2. The van der Waals surface area contributed by atoms with Crippen molar-refractivity contribution in [2.75, 3.05) is 0 Å². The molecule has 0 atom stereocenters. The molecule has 2 aromatic carbocycles. The second-order valence-electron chi connectivity index (χ2n) is 8.19. The third-order valence-corrected chi connectivity index (χ3v) is 5.79. The van der Waals surface area contributed by atoms with Gasteiger partial charge in [0, 0.05) is 35.0 Å². The second-order valence-corrected chi connectivity index (χ2v) is 8.63. The Morgan fingerprint density at radius 1 is 1.03 bits per heavy atom. The summed E-state index contributed by atoms with van der Waals surface area (Å²) < 4.78 is 70.0. The van der Waals surface area contributed by atoms with Gasteiger partial charge in [-0.1, -0.05) is 23.7 Å². The molecule has 0 saturated heterocycles. The zero-order valence-electron chi connectivity index (χ0n) is 17.7. The molecule has 0 spiro atoms. The number of nitrogens with zero attached hydrogens (tertiary/aromatic N) is 3. The van der Waals surface area contributed by atoms with E-state index in [1.54, 1.807) is 24.3 Å². The predicted octanol–water partition coefficient (Wildman–Crippen LogP) is 5.86. The highest BCUT2D eigenvalue weighted by atomic mass is 35.5. The molecule has 5 nitrogen and oxygen atoms in total. The monoisotopic (exact) mass is 499 g/mol. The van der Waals surface area contributed by atoms with Crippen LogP contribution in [0.5, 0.6) is 0 Å². The molecule has 180 valence electrons. The van der Waals surface area contributed by atoms with E-state index < -0.39 is 54.1 Å². The zero-order valence-corrected chi connectivity index (χ0v) is 18.4. The Kier molecular flexibility index (Phi) is 6.37. The van der Waals surface area contributed by atoms with Crippen LogP contribution in [-0.4, -0.2) is 20.1 Å². The lowest BCUT2D eigenvalue weighted by Crippen LogP contribution is -2.28. The maximum Gasteiger partial charge on any atom is 0.416 e. The minimum Gasteiger partial charge on any atom is -0.298 e. The maximum atomic E-state index is 14.5. The summed E-state index contributed by atoms with van der Waals surface area (Å²) in [5.41, 5.74) is -1.92. The van der Waals surface area contributed by atoms with Crippen LogP contribution in [0.1, 0.15) is 42.9 Å². The van der Waals surface area contributed by atoms with E-state index in [1.165, 1.54) is 4.57 Å². The highest BCUT2D eigenvalue weighted by Gasteiger charge is 2.36. The Labute approximate surface area is 195 Å². The summed E-state index contributed by atoms with van der Waals surface area (Å²) in [6, 6.07) is 9.46. The standard InChI is InChI=1S/C23H19ClF5N3O2/c24-17-6-4-14(5-7-17)20-30-31(21(34)32(20)18-8-9-18)13-19(33)10-11-22(25,26)15-2-1-3-16(12-15)23(27,28)29/h1-7,12,18H,8-11,13H2. The first-order valence-corrected chi connectivity index (χ1v) is 10.9. The molecule has 1 fully saturated rings. The largest absolute Gasteiger partial charge is 0.416 e. The minimum absolute atomic E-state index is 0.0488. The van der Waals surface area contributed by atoms with Crippen molar-refractivity contribution >= 4 is 17.4 Å². The number of carbonyl (C=O) groups is 1. The van der Waals surface area contributed by atoms with E-state index in [0.29, 0.717) is 28.5 Å². The Morgan fingerprint density at radius 3 is 2.29 bits per heavy atom. The number of aromatic nitrogens is 3. The van der Waals surface area contributed by atoms with E-state index in [1.807, 2.05) is 0 Å². The van der Waals surface area contributed by atoms with Crippen LogP contribution in [0.25, 0.3) is 11.4 Å². The van der Waals surface area contributed by atoms with Gasteiger partial charge >= 0.3 is 11.9 Å². The van der Waals surface area contributed by atoms with Gasteiger partial charge in [-0.15, -0.1) is 5.10 Å². The quantitative estimate of drug-likeness (QED) is 0.365. The van der Waals surface area contributed by atoms with Crippen molar-refractivity contribution < 1.29 is 26.7 Å². The molecule has 0 radical (unpaired) electrons. The lowest BCUT2D eigenvalue weighted by Gasteiger charge is -2.18. The molecule has 0 amide bonds. The molecular formula is C23H19ClF5N3O2. The molecule has 3 aromatic rings. The molecule has 0 aliphatic heterocycles. The van der Waals surface area contributed by atoms with E-state index in [2.05, 4.69) is 5.10 Å². The molecule has 1 aliphatic carbocycles. The van der Waals surface area contributed by atoms with Crippen molar-refractivity contribution in [2.45, 2.75) is 50.4 Å². The summed E-state index contributed by atoms with van der Waals surface area (Å²) in [6.45, 7) is -0.516. The molecule has 0 unspecified atom stereocenters. The Bertz CT molecular complexity index is 1260. The van der Waals surface area contributed by atoms with E-state index in [4.69, 9.17) is 11.6 Å². The van der Waals surface area contributed by atoms with Crippen LogP contribution in [0, 0.1) is 0 Å². The average Bonchev–Trinajstić information content (AvgIpc) is 3.57. The van der Waals surface area contributed by atoms with Crippen LogP contribution in [0.4, 0.5) is 22.0 Å². The van der Waals surface area contributed by atoms with E-state index >= 15 is 0 Å². The van der Waals surface area contributed by atoms with Crippen molar-refractivity contribution in [1.82, 2.24) is 14.3 Å². The highest BCUT2D eigenvalue weighted by Crippen LogP contribution is 2.38. The van der Waals surface area contributed by atoms with Crippen LogP contribution in [0.2, 0.25) is 5.02 Å². The van der Waals surface area contributed by atoms with Gasteiger partial charge in [-0.25, -0.2) is 18.3 Å². The number of hydrogen-bond donors (Lipinski definition) is 0. The lowest BCUT2D eigenvalue weighted by atomic mass is 10.00. The van der Waals surface area contributed by atoms with Crippen molar-refractivity contribution in [3.05, 3.63) is 75.2 Å². The van der Waals surface area contributed by atoms with Crippen molar-refractivity contribution in [1.29, 1.82) is 0 Å². The van der Waals surface area contributed by atoms with E-state index in [0.717, 1.165) is 29.7 Å². The summed E-state index contributed by atoms with van der Waals surface area (Å²) in [6.07, 6.45) is -4.82. The molecule has 1 aromatic heterocycles. The minimum atomic E-state index is -4.76. The first-order chi connectivity index (χ1) is 16.0. The second kappa shape index (κ2) is 8.98. The molecular weight excluding hydrogens is 481 g/mol. The van der Waals surface area contributed by atoms with Crippen LogP contribution in [-0.2, 0) is 23.4 Å². The lowest BCUT2D eigenvalue weighted by molar-refractivity contribution is -0.138. The molecule has 11 heteroatoms. The Morgan fingerprint density at radius 2 is 1.68 bits per heavy atom. The van der Waals surface area contributed by atoms with Crippen molar-refractivity contribution in [2.24, 2.45) is 0 Å². The summed E-state index contributed by atoms with van der Waals surface area (Å²) >= 11 is 5.91. The van der Waals surface area contributed by atoms with Gasteiger partial charge in [0.05, 0.1) is 5.56 Å². The molecule has 4 rings (SSSR count). The topological polar surface area (TPSA) is 56.9 Å². The summed E-state index contributed by atoms with van der Waals surface area (Å²) in [7, 11) is 0. The normalized spacial score (nSPS) is 14.4. The van der Waals surface area contributed by atoms with Crippen molar-refractivity contribution in [3.8, 4) is 11.4 Å². The molecule has 1 saturated carbocycles. The highest BCUT2D eigenvalue weighted by molar-refractivity contribution is 6.30. The third-order valence-electron chi connectivity index (χ3n) is 5.54. The first-order valence-electron chi connectivity index (χ1n) is 10.5. The summed E-state index contributed by atoms with van der Waals surface area (Å²) in [5, 5.41) is 4.74. The molecule has 0 bridgehead atoms. The number of rotatable bonds is 8. The first kappa shape index (κ1) is 24.1. The van der Waals surface area contributed by atoms with Gasteiger partial charge in [0.25, 0.3) is 5.92 Å². The van der Waals surface area contributed by atoms with Gasteiger partial charge in [0.1, 0.15) is 6.54 Å². The third kappa shape index (κ3) is 5.22. The van der Waals surface area contributed by atoms with Gasteiger partial charge in [-0.3, -0.25) is 9.36 Å². The smallest absolute Gasteiger partial charge is 0.298 e. The maximum absolute atomic E-state index is 14.5. The number of benzene rings is 2. The predicted molar refractivity (Wildman–Crippen MR) is 115 cm³/mol. The van der Waals surface area contributed by atoms with Gasteiger partial charge in [-0.05, 0) is 49.2 Å². The number of halogens is 6. The molecule has 1 aliphatic rings. The molecule has 34 heavy (non-hydrogen) atoms. The SMILES string of the molecule is O=C(CCC(F)(F)c1cccc(C(F)(F)F)c1)Cn1nc(-c2ccc(Cl)cc2)n(C2CC2)c1=O. The van der Waals surface area contributed by atoms with E-state index in [9.17, 15) is 31.5 Å². The number of Topliss-reactive ketones (excluding diaryl/α,β-unsaturated/α-hetero) is 1. The summed E-state index contributed by atoms with van der Waals surface area (Å²) in [5.74, 6) is -3.98. The zero-order chi connectivity index (χ0) is 24.7. The van der Waals surface area contributed by atoms with Gasteiger partial charge < -0.3 is 0 Å². The van der Waals surface area contributed by atoms with Gasteiger partial charge in [0.2, 0.25) is 0 Å². The van der Waals surface area contributed by atoms with Gasteiger partial charge in [-0.2, -0.15) is 13.2 Å². The fraction of sp³-hybridized carbons (Fsp3) is 0.348. The van der Waals surface area contributed by atoms with Crippen molar-refractivity contribution in [3.63, 3.8) is 0 Å². The number of alkyl halides is 5. The fourth-order valence-corrected chi connectivity index (χ4v) is 3.72. The number of hydrogen-bond acceptors (Lipinski definition) is 3. The molecule has 1 heterocycles. The van der Waals surface area contributed by atoms with Gasteiger partial charge in [0.15, 0.2) is 11.6 Å². The van der Waals surface area contributed by atoms with Crippen LogP contribution in [0.15, 0.2) is 53.3 Å². The Hall–Kier alpha value is -3.01. The fourth-order valence-electron chi connectivity index (χ4n) is 3.59. The van der Waals surface area contributed by atoms with E-state index in [-0.39, 0.29) is 6.04 Å².